The Bertz CT molecular complexity index is 1270. The molecule has 0 aliphatic carbocycles. The molecule has 0 radical (unpaired) electrons. The number of carboxylic acid groups (broad SMARTS) is 1. The van der Waals surface area contributed by atoms with Crippen molar-refractivity contribution in [1.29, 1.82) is 0 Å². The van der Waals surface area contributed by atoms with Crippen molar-refractivity contribution in [3.63, 3.8) is 0 Å². The Balaban J connectivity index is 1.67. The van der Waals surface area contributed by atoms with Crippen LogP contribution in [-0.4, -0.2) is 79.6 Å². The highest BCUT2D eigenvalue weighted by atomic mass is 16.4. The van der Waals surface area contributed by atoms with Gasteiger partial charge in [0.25, 0.3) is 0 Å². The third-order valence-electron chi connectivity index (χ3n) is 6.20. The van der Waals surface area contributed by atoms with Gasteiger partial charge in [0.1, 0.15) is 18.1 Å². The van der Waals surface area contributed by atoms with E-state index >= 15 is 0 Å². The van der Waals surface area contributed by atoms with E-state index in [1.807, 2.05) is 38.1 Å². The number of carbonyl (C=O) groups excluding carboxylic acids is 3. The predicted molar refractivity (Wildman–Crippen MR) is 142 cm³/mol. The van der Waals surface area contributed by atoms with Gasteiger partial charge in [-0.15, -0.1) is 0 Å². The standard InChI is InChI=1S/C26H35N7O6/c1-14(2)7-21(26(38)39)32-24(36)20(9-16-11-28-13-30-16)31-25(37)22(12-34)33-23(35)18(27)8-15-10-29-19-6-4-3-5-17(15)19/h3-6,10-11,13-14,18,20-22,29,34H,7-9,12,27H2,1-2H3,(H,28,30)(H,31,37)(H,32,36)(H,33,35)(H,38,39). The summed E-state index contributed by atoms with van der Waals surface area (Å²) in [4.78, 5) is 60.3. The van der Waals surface area contributed by atoms with Crippen LogP contribution in [0.2, 0.25) is 0 Å². The third kappa shape index (κ3) is 8.12. The number of aromatic amines is 2. The maximum Gasteiger partial charge on any atom is 0.326 e. The molecule has 3 aromatic rings. The first-order chi connectivity index (χ1) is 18.6. The van der Waals surface area contributed by atoms with Gasteiger partial charge in [0, 0.05) is 35.4 Å². The number of carboxylic acids is 1. The van der Waals surface area contributed by atoms with E-state index in [0.717, 1.165) is 16.5 Å². The molecule has 4 unspecified atom stereocenters. The fraction of sp³-hybridized carbons (Fsp3) is 0.423. The summed E-state index contributed by atoms with van der Waals surface area (Å²) in [6, 6.07) is 2.77. The zero-order valence-corrected chi connectivity index (χ0v) is 21.8. The number of amides is 3. The Morgan fingerprint density at radius 1 is 0.949 bits per heavy atom. The summed E-state index contributed by atoms with van der Waals surface area (Å²) in [5.74, 6) is -3.43. The van der Waals surface area contributed by atoms with Gasteiger partial charge in [-0.2, -0.15) is 0 Å². The molecule has 4 atom stereocenters. The van der Waals surface area contributed by atoms with Crippen molar-refractivity contribution in [2.24, 2.45) is 11.7 Å². The molecular weight excluding hydrogens is 506 g/mol. The summed E-state index contributed by atoms with van der Waals surface area (Å²) in [5, 5.41) is 27.7. The lowest BCUT2D eigenvalue weighted by molar-refractivity contribution is -0.142. The number of hydrogen-bond donors (Lipinski definition) is 8. The molecule has 0 fully saturated rings. The Kier molecular flexibility index (Phi) is 10.2. The minimum atomic E-state index is -1.39. The van der Waals surface area contributed by atoms with Crippen LogP contribution in [0.5, 0.6) is 0 Å². The number of hydrogen-bond acceptors (Lipinski definition) is 7. The zero-order valence-electron chi connectivity index (χ0n) is 21.8. The summed E-state index contributed by atoms with van der Waals surface area (Å²) in [7, 11) is 0. The van der Waals surface area contributed by atoms with Crippen LogP contribution in [0.4, 0.5) is 0 Å². The fourth-order valence-corrected chi connectivity index (χ4v) is 4.17. The molecule has 3 rings (SSSR count). The van der Waals surface area contributed by atoms with E-state index in [-0.39, 0.29) is 25.2 Å². The molecule has 9 N–H and O–H groups in total. The van der Waals surface area contributed by atoms with Gasteiger partial charge in [-0.25, -0.2) is 9.78 Å². The average Bonchev–Trinajstić information content (AvgIpc) is 3.56. The van der Waals surface area contributed by atoms with E-state index in [1.165, 1.54) is 12.5 Å². The van der Waals surface area contributed by atoms with Crippen LogP contribution >= 0.6 is 0 Å². The number of imidazole rings is 1. The van der Waals surface area contributed by atoms with E-state index in [9.17, 15) is 29.4 Å². The maximum atomic E-state index is 13.0. The molecule has 2 heterocycles. The van der Waals surface area contributed by atoms with Crippen LogP contribution in [-0.2, 0) is 32.0 Å². The van der Waals surface area contributed by atoms with Crippen molar-refractivity contribution in [2.45, 2.75) is 57.3 Å². The number of carbonyl (C=O) groups is 4. The Morgan fingerprint density at radius 2 is 1.62 bits per heavy atom. The number of aromatic nitrogens is 3. The number of aliphatic hydroxyl groups excluding tert-OH is 1. The Morgan fingerprint density at radius 3 is 2.26 bits per heavy atom. The second-order valence-corrected chi connectivity index (χ2v) is 9.78. The van der Waals surface area contributed by atoms with Crippen LogP contribution in [0.25, 0.3) is 10.9 Å². The smallest absolute Gasteiger partial charge is 0.326 e. The molecule has 0 bridgehead atoms. The van der Waals surface area contributed by atoms with Crippen molar-refractivity contribution in [2.75, 3.05) is 6.61 Å². The molecular formula is C26H35N7O6. The van der Waals surface area contributed by atoms with Crippen molar-refractivity contribution in [3.05, 3.63) is 54.2 Å². The number of rotatable bonds is 14. The number of aliphatic hydroxyl groups is 1. The summed E-state index contributed by atoms with van der Waals surface area (Å²) >= 11 is 0. The van der Waals surface area contributed by atoms with Gasteiger partial charge in [-0.05, 0) is 30.4 Å². The van der Waals surface area contributed by atoms with E-state index in [2.05, 4.69) is 30.9 Å². The SMILES string of the molecule is CC(C)CC(NC(=O)C(Cc1cnc[nH]1)NC(=O)C(CO)NC(=O)C(N)Cc1c[nH]c2ccccc12)C(=O)O. The minimum Gasteiger partial charge on any atom is -0.480 e. The van der Waals surface area contributed by atoms with Gasteiger partial charge in [-0.3, -0.25) is 14.4 Å². The second-order valence-electron chi connectivity index (χ2n) is 9.78. The number of nitrogens with two attached hydrogens (primary N) is 1. The van der Waals surface area contributed by atoms with Crippen LogP contribution in [0.15, 0.2) is 43.0 Å². The second kappa shape index (κ2) is 13.5. The van der Waals surface area contributed by atoms with Gasteiger partial charge in [-0.1, -0.05) is 32.0 Å². The number of para-hydroxylation sites is 1. The van der Waals surface area contributed by atoms with Crippen LogP contribution in [0.1, 0.15) is 31.5 Å². The highest BCUT2D eigenvalue weighted by Crippen LogP contribution is 2.18. The van der Waals surface area contributed by atoms with Gasteiger partial charge >= 0.3 is 5.97 Å². The van der Waals surface area contributed by atoms with E-state index < -0.39 is 54.5 Å². The van der Waals surface area contributed by atoms with E-state index in [4.69, 9.17) is 5.73 Å². The molecule has 0 aliphatic heterocycles. The monoisotopic (exact) mass is 541 g/mol. The van der Waals surface area contributed by atoms with E-state index in [1.54, 1.807) is 6.20 Å². The normalized spacial score (nSPS) is 14.4. The molecule has 39 heavy (non-hydrogen) atoms. The summed E-state index contributed by atoms with van der Waals surface area (Å²) < 4.78 is 0. The molecule has 13 heteroatoms. The highest BCUT2D eigenvalue weighted by Gasteiger charge is 2.31. The summed E-state index contributed by atoms with van der Waals surface area (Å²) in [6.45, 7) is 2.90. The maximum absolute atomic E-state index is 13.0. The molecule has 0 saturated heterocycles. The quantitative estimate of drug-likeness (QED) is 0.134. The van der Waals surface area contributed by atoms with Crippen molar-refractivity contribution in [3.8, 4) is 0 Å². The highest BCUT2D eigenvalue weighted by molar-refractivity contribution is 5.94. The fourth-order valence-electron chi connectivity index (χ4n) is 4.17. The molecule has 0 aliphatic rings. The minimum absolute atomic E-state index is 0.00510. The Labute approximate surface area is 225 Å². The first-order valence-electron chi connectivity index (χ1n) is 12.6. The lowest BCUT2D eigenvalue weighted by Gasteiger charge is -2.24. The van der Waals surface area contributed by atoms with Gasteiger partial charge in [0.15, 0.2) is 0 Å². The molecule has 0 spiro atoms. The van der Waals surface area contributed by atoms with Crippen LogP contribution in [0.3, 0.4) is 0 Å². The van der Waals surface area contributed by atoms with E-state index in [0.29, 0.717) is 5.69 Å². The van der Waals surface area contributed by atoms with Gasteiger partial charge < -0.3 is 41.9 Å². The lowest BCUT2D eigenvalue weighted by atomic mass is 10.0. The van der Waals surface area contributed by atoms with Crippen molar-refractivity contribution >= 4 is 34.6 Å². The van der Waals surface area contributed by atoms with Crippen LogP contribution < -0.4 is 21.7 Å². The molecule has 13 nitrogen and oxygen atoms in total. The van der Waals surface area contributed by atoms with Gasteiger partial charge in [0.05, 0.1) is 19.0 Å². The first-order valence-corrected chi connectivity index (χ1v) is 12.6. The zero-order chi connectivity index (χ0) is 28.5. The first kappa shape index (κ1) is 29.3. The number of nitrogens with zero attached hydrogens (tertiary/aromatic N) is 1. The number of benzene rings is 1. The van der Waals surface area contributed by atoms with Gasteiger partial charge in [0.2, 0.25) is 17.7 Å². The molecule has 2 aromatic heterocycles. The molecule has 3 amide bonds. The van der Waals surface area contributed by atoms with Crippen LogP contribution in [0, 0.1) is 5.92 Å². The molecule has 210 valence electrons. The van der Waals surface area contributed by atoms with Crippen molar-refractivity contribution in [1.82, 2.24) is 30.9 Å². The predicted octanol–water partition coefficient (Wildman–Crippen LogP) is -0.419. The summed E-state index contributed by atoms with van der Waals surface area (Å²) in [5.41, 5.74) is 8.33. The largest absolute Gasteiger partial charge is 0.480 e. The number of fused-ring (bicyclic) bond motifs is 1. The number of H-pyrrole nitrogens is 2. The molecule has 1 aromatic carbocycles. The number of aliphatic carboxylic acids is 1. The molecule has 0 saturated carbocycles. The third-order valence-corrected chi connectivity index (χ3v) is 6.20. The average molecular weight is 542 g/mol. The lowest BCUT2D eigenvalue weighted by Crippen LogP contribution is -2.58. The Hall–Kier alpha value is -4.23. The number of nitrogens with one attached hydrogen (secondary N) is 5. The van der Waals surface area contributed by atoms with Crippen molar-refractivity contribution < 1.29 is 29.4 Å². The summed E-state index contributed by atoms with van der Waals surface area (Å²) in [6.07, 6.45) is 4.97. The topological polar surface area (TPSA) is 215 Å².